The summed E-state index contributed by atoms with van der Waals surface area (Å²) in [5, 5.41) is 15.5. The van der Waals surface area contributed by atoms with Crippen LogP contribution in [0.25, 0.3) is 11.3 Å². The van der Waals surface area contributed by atoms with Gasteiger partial charge in [0.2, 0.25) is 12.1 Å². The first-order valence-electron chi connectivity index (χ1n) is 11.7. The minimum atomic E-state index is -0.488. The lowest BCUT2D eigenvalue weighted by atomic mass is 9.97. The van der Waals surface area contributed by atoms with Crippen molar-refractivity contribution in [1.82, 2.24) is 30.3 Å². The van der Waals surface area contributed by atoms with Gasteiger partial charge in [-0.25, -0.2) is 4.39 Å². The van der Waals surface area contributed by atoms with Crippen molar-refractivity contribution in [3.8, 4) is 11.3 Å². The fraction of sp³-hybridized carbons (Fsp3) is 0.417. The van der Waals surface area contributed by atoms with E-state index in [4.69, 9.17) is 9.26 Å². The van der Waals surface area contributed by atoms with E-state index < -0.39 is 11.7 Å². The number of morpholine rings is 1. The highest BCUT2D eigenvalue weighted by atomic mass is 19.1. The summed E-state index contributed by atoms with van der Waals surface area (Å²) in [6.45, 7) is 10.3. The maximum absolute atomic E-state index is 15.6. The van der Waals surface area contributed by atoms with Gasteiger partial charge < -0.3 is 19.5 Å². The van der Waals surface area contributed by atoms with Gasteiger partial charge in [-0.2, -0.15) is 4.98 Å². The van der Waals surface area contributed by atoms with Gasteiger partial charge in [0.25, 0.3) is 11.7 Å². The second kappa shape index (κ2) is 9.26. The molecule has 36 heavy (non-hydrogen) atoms. The maximum atomic E-state index is 15.6. The summed E-state index contributed by atoms with van der Waals surface area (Å²) in [5.41, 5.74) is 1.63. The highest BCUT2D eigenvalue weighted by Crippen LogP contribution is 2.26. The predicted molar refractivity (Wildman–Crippen MR) is 126 cm³/mol. The van der Waals surface area contributed by atoms with Crippen LogP contribution < -0.4 is 14.8 Å². The molecule has 1 aromatic carbocycles. The predicted octanol–water partition coefficient (Wildman–Crippen LogP) is 1.88. The molecule has 0 aliphatic carbocycles. The van der Waals surface area contributed by atoms with Crippen molar-refractivity contribution in [2.75, 3.05) is 31.2 Å². The number of hydrogen-bond acceptors (Lipinski definition) is 8. The molecule has 12 heteroatoms. The lowest BCUT2D eigenvalue weighted by Gasteiger charge is -2.23. The maximum Gasteiger partial charge on any atom is 0.314 e. The number of carbonyl (C=O) groups is 1. The number of rotatable bonds is 5. The Balaban J connectivity index is 1.37. The molecule has 11 nitrogen and oxygen atoms in total. The number of ether oxygens (including phenoxy) is 1. The van der Waals surface area contributed by atoms with Crippen molar-refractivity contribution >= 4 is 11.7 Å². The van der Waals surface area contributed by atoms with E-state index in [0.717, 1.165) is 18.9 Å². The van der Waals surface area contributed by atoms with Crippen molar-refractivity contribution in [3.63, 3.8) is 0 Å². The number of halogens is 1. The fourth-order valence-electron chi connectivity index (χ4n) is 3.94. The van der Waals surface area contributed by atoms with Crippen LogP contribution in [0.1, 0.15) is 48.4 Å². The molecular formula is C24H28FN8O3+. The van der Waals surface area contributed by atoms with E-state index in [1.165, 1.54) is 0 Å². The summed E-state index contributed by atoms with van der Waals surface area (Å²) in [5.74, 6) is 0.179. The number of nitrogens with one attached hydrogen (secondary N) is 1. The molecule has 0 radical (unpaired) electrons. The van der Waals surface area contributed by atoms with E-state index in [1.54, 1.807) is 40.6 Å². The third-order valence-electron chi connectivity index (χ3n) is 6.07. The van der Waals surface area contributed by atoms with Crippen molar-refractivity contribution in [1.29, 1.82) is 0 Å². The molecule has 1 N–H and O–H groups in total. The van der Waals surface area contributed by atoms with Crippen molar-refractivity contribution in [2.45, 2.75) is 39.7 Å². The first kappa shape index (κ1) is 23.8. The Labute approximate surface area is 206 Å². The minimum absolute atomic E-state index is 0.0550. The van der Waals surface area contributed by atoms with Gasteiger partial charge in [0.1, 0.15) is 11.5 Å². The Morgan fingerprint density at radius 2 is 2.00 bits per heavy atom. The smallest absolute Gasteiger partial charge is 0.314 e. The van der Waals surface area contributed by atoms with Gasteiger partial charge in [0, 0.05) is 35.2 Å². The molecule has 5 rings (SSSR count). The third-order valence-corrected chi connectivity index (χ3v) is 6.07. The van der Waals surface area contributed by atoms with Crippen LogP contribution in [0.5, 0.6) is 0 Å². The molecule has 0 bridgehead atoms. The summed E-state index contributed by atoms with van der Waals surface area (Å²) < 4.78 is 29.3. The van der Waals surface area contributed by atoms with Crippen LogP contribution in [0, 0.1) is 12.7 Å². The number of amides is 1. The molecule has 188 valence electrons. The van der Waals surface area contributed by atoms with Crippen LogP contribution >= 0.6 is 0 Å². The van der Waals surface area contributed by atoms with Gasteiger partial charge >= 0.3 is 5.82 Å². The van der Waals surface area contributed by atoms with Gasteiger partial charge in [-0.15, -0.1) is 0 Å². The Bertz CT molecular complexity index is 1420. The average Bonchev–Trinajstić information content (AvgIpc) is 3.53. The molecular weight excluding hydrogens is 467 g/mol. The molecule has 1 aliphatic rings. The summed E-state index contributed by atoms with van der Waals surface area (Å²) in [7, 11) is 0. The summed E-state index contributed by atoms with van der Waals surface area (Å²) in [6, 6.07) is 5.19. The first-order chi connectivity index (χ1) is 17.2. The largest absolute Gasteiger partial charge is 0.378 e. The number of carbonyl (C=O) groups excluding carboxylic acids is 1. The van der Waals surface area contributed by atoms with Crippen molar-refractivity contribution in [3.05, 3.63) is 59.3 Å². The second-order valence-corrected chi connectivity index (χ2v) is 9.68. The van der Waals surface area contributed by atoms with Crippen molar-refractivity contribution < 1.29 is 23.1 Å². The van der Waals surface area contributed by atoms with Gasteiger partial charge in [0.15, 0.2) is 0 Å². The van der Waals surface area contributed by atoms with E-state index in [0.29, 0.717) is 41.5 Å². The Morgan fingerprint density at radius 3 is 2.72 bits per heavy atom. The quantitative estimate of drug-likeness (QED) is 0.418. The summed E-state index contributed by atoms with van der Waals surface area (Å²) in [4.78, 5) is 18.8. The van der Waals surface area contributed by atoms with Gasteiger partial charge in [0.05, 0.1) is 24.5 Å². The summed E-state index contributed by atoms with van der Waals surface area (Å²) >= 11 is 0. The molecule has 1 aliphatic heterocycles. The molecule has 1 fully saturated rings. The molecule has 1 amide bonds. The van der Waals surface area contributed by atoms with Crippen LogP contribution in [0.15, 0.2) is 35.1 Å². The standard InChI is InChI=1S/C24H27FN8O3/c1-15-16(13-26-22(34)21-28-23(36-30-21)24(2,3)4)5-6-17(20(15)25)18-7-8-27-32-14-19(29-33(18)32)31-9-11-35-12-10-31/h5-8,14H,9-13H2,1-4H3/p+1. The van der Waals surface area contributed by atoms with Crippen LogP contribution in [-0.2, 0) is 16.7 Å². The van der Waals surface area contributed by atoms with E-state index >= 15 is 4.39 Å². The monoisotopic (exact) mass is 495 g/mol. The zero-order valence-corrected chi connectivity index (χ0v) is 20.7. The van der Waals surface area contributed by atoms with Gasteiger partial charge in [-0.1, -0.05) is 37.1 Å². The van der Waals surface area contributed by atoms with E-state index in [1.807, 2.05) is 27.0 Å². The van der Waals surface area contributed by atoms with Crippen LogP contribution in [0.4, 0.5) is 10.2 Å². The molecule has 4 heterocycles. The van der Waals surface area contributed by atoms with Gasteiger partial charge in [-0.05, 0) is 34.8 Å². The number of fused-ring (bicyclic) bond motifs is 1. The number of aromatic nitrogens is 6. The molecule has 0 spiro atoms. The topological polar surface area (TPSA) is 115 Å². The highest BCUT2D eigenvalue weighted by Gasteiger charge is 2.26. The zero-order valence-electron chi connectivity index (χ0n) is 20.7. The van der Waals surface area contributed by atoms with E-state index in [9.17, 15) is 4.79 Å². The second-order valence-electron chi connectivity index (χ2n) is 9.68. The molecule has 0 saturated carbocycles. The lowest BCUT2D eigenvalue weighted by Crippen LogP contribution is -2.36. The summed E-state index contributed by atoms with van der Waals surface area (Å²) in [6.07, 6.45) is 3.42. The zero-order chi connectivity index (χ0) is 25.4. The minimum Gasteiger partial charge on any atom is -0.378 e. The van der Waals surface area contributed by atoms with Crippen LogP contribution in [0.3, 0.4) is 0 Å². The highest BCUT2D eigenvalue weighted by molar-refractivity contribution is 5.90. The van der Waals surface area contributed by atoms with E-state index in [-0.39, 0.29) is 17.8 Å². The van der Waals surface area contributed by atoms with Crippen LogP contribution in [-0.4, -0.2) is 57.2 Å². The van der Waals surface area contributed by atoms with Gasteiger partial charge in [-0.3, -0.25) is 4.79 Å². The molecule has 0 atom stereocenters. The number of nitrogens with zero attached hydrogens (tertiary/aromatic N) is 7. The molecule has 0 unspecified atom stereocenters. The molecule has 3 aromatic heterocycles. The average molecular weight is 496 g/mol. The number of hydrogen-bond donors (Lipinski definition) is 1. The number of benzene rings is 1. The normalized spacial score (nSPS) is 14.4. The SMILES string of the molecule is Cc1c(CNC(=O)c2noc(C(C)(C)C)n2)ccc(-c2ccn[n+]3cc(N4CCOCC4)nn23)c1F. The number of anilines is 1. The van der Waals surface area contributed by atoms with Crippen molar-refractivity contribution in [2.24, 2.45) is 0 Å². The first-order valence-corrected chi connectivity index (χ1v) is 11.7. The van der Waals surface area contributed by atoms with E-state index in [2.05, 4.69) is 30.6 Å². The Morgan fingerprint density at radius 1 is 1.22 bits per heavy atom. The Hall–Kier alpha value is -3.93. The lowest BCUT2D eigenvalue weighted by molar-refractivity contribution is -0.681. The fourth-order valence-corrected chi connectivity index (χ4v) is 3.94. The third kappa shape index (κ3) is 4.51. The Kier molecular flexibility index (Phi) is 6.12. The molecule has 1 saturated heterocycles. The molecule has 4 aromatic rings. The van der Waals surface area contributed by atoms with Crippen LogP contribution in [0.2, 0.25) is 0 Å².